The Labute approximate surface area is 137 Å². The third-order valence-corrected chi connectivity index (χ3v) is 3.66. The molecular weight excluding hydrogens is 306 g/mol. The number of methoxy groups -OCH3 is 1. The van der Waals surface area contributed by atoms with Crippen LogP contribution >= 0.6 is 0 Å². The van der Waals surface area contributed by atoms with E-state index in [0.29, 0.717) is 17.1 Å². The van der Waals surface area contributed by atoms with Gasteiger partial charge in [-0.05, 0) is 30.3 Å². The Morgan fingerprint density at radius 1 is 1.08 bits per heavy atom. The number of carbonyl (C=O) groups excluding carboxylic acids is 1. The van der Waals surface area contributed by atoms with Gasteiger partial charge in [-0.2, -0.15) is 0 Å². The molecule has 118 valence electrons. The first kappa shape index (κ1) is 14.3. The van der Waals surface area contributed by atoms with Crippen molar-refractivity contribution in [3.8, 4) is 5.75 Å². The second-order valence-corrected chi connectivity index (χ2v) is 5.25. The van der Waals surface area contributed by atoms with Gasteiger partial charge in [0.15, 0.2) is 5.70 Å². The van der Waals surface area contributed by atoms with Crippen LogP contribution in [-0.4, -0.2) is 19.0 Å². The van der Waals surface area contributed by atoms with Gasteiger partial charge in [-0.15, -0.1) is 0 Å². The lowest BCUT2D eigenvalue weighted by Gasteiger charge is -2.02. The highest BCUT2D eigenvalue weighted by molar-refractivity contribution is 6.13. The van der Waals surface area contributed by atoms with Crippen LogP contribution < -0.4 is 4.74 Å². The summed E-state index contributed by atoms with van der Waals surface area (Å²) in [7, 11) is 1.58. The molecule has 5 nitrogen and oxygen atoms in total. The van der Waals surface area contributed by atoms with Gasteiger partial charge in [0.05, 0.1) is 7.11 Å². The van der Waals surface area contributed by atoms with Crippen LogP contribution in [0.4, 0.5) is 0 Å². The first-order valence-corrected chi connectivity index (χ1v) is 7.38. The monoisotopic (exact) mass is 319 g/mol. The predicted octanol–water partition coefficient (Wildman–Crippen LogP) is 3.79. The minimum atomic E-state index is -0.506. The molecule has 1 aliphatic heterocycles. The maximum absolute atomic E-state index is 12.1. The van der Waals surface area contributed by atoms with E-state index in [1.807, 2.05) is 42.5 Å². The fourth-order valence-corrected chi connectivity index (χ4v) is 2.50. The van der Waals surface area contributed by atoms with Gasteiger partial charge in [-0.1, -0.05) is 24.3 Å². The average Bonchev–Trinajstić information content (AvgIpc) is 3.18. The molecule has 0 N–H and O–H groups in total. The van der Waals surface area contributed by atoms with E-state index in [0.717, 1.165) is 11.0 Å². The topological polar surface area (TPSA) is 61.0 Å². The second-order valence-electron chi connectivity index (χ2n) is 5.25. The summed E-state index contributed by atoms with van der Waals surface area (Å²) in [5.41, 5.74) is 1.63. The van der Waals surface area contributed by atoms with Crippen molar-refractivity contribution in [3.63, 3.8) is 0 Å². The van der Waals surface area contributed by atoms with E-state index in [9.17, 15) is 4.79 Å². The number of fused-ring (bicyclic) bond motifs is 1. The number of aliphatic imine (C=N–C) groups is 1. The molecule has 0 amide bonds. The van der Waals surface area contributed by atoms with Gasteiger partial charge < -0.3 is 13.9 Å². The van der Waals surface area contributed by atoms with Gasteiger partial charge in [0, 0.05) is 17.0 Å². The summed E-state index contributed by atoms with van der Waals surface area (Å²) in [6.45, 7) is 0. The van der Waals surface area contributed by atoms with Crippen LogP contribution in [0, 0.1) is 0 Å². The van der Waals surface area contributed by atoms with Gasteiger partial charge in [-0.3, -0.25) is 0 Å². The molecule has 2 heterocycles. The maximum atomic E-state index is 12.1. The lowest BCUT2D eigenvalue weighted by molar-refractivity contribution is -0.129. The summed E-state index contributed by atoms with van der Waals surface area (Å²) in [4.78, 5) is 16.3. The lowest BCUT2D eigenvalue weighted by atomic mass is 10.2. The Bertz CT molecular complexity index is 964. The second kappa shape index (κ2) is 5.70. The molecule has 0 bridgehead atoms. The number of para-hydroxylation sites is 1. The van der Waals surface area contributed by atoms with Crippen molar-refractivity contribution in [2.24, 2.45) is 4.99 Å². The zero-order valence-corrected chi connectivity index (χ0v) is 12.9. The molecule has 0 saturated heterocycles. The highest BCUT2D eigenvalue weighted by Gasteiger charge is 2.24. The van der Waals surface area contributed by atoms with Crippen molar-refractivity contribution in [1.82, 2.24) is 0 Å². The number of furan rings is 1. The molecule has 2 aromatic carbocycles. The summed E-state index contributed by atoms with van der Waals surface area (Å²) >= 11 is 0. The number of hydrogen-bond donors (Lipinski definition) is 0. The van der Waals surface area contributed by atoms with Crippen molar-refractivity contribution in [2.45, 2.75) is 0 Å². The number of rotatable bonds is 3. The van der Waals surface area contributed by atoms with Crippen LogP contribution in [0.2, 0.25) is 0 Å². The van der Waals surface area contributed by atoms with E-state index < -0.39 is 5.97 Å². The summed E-state index contributed by atoms with van der Waals surface area (Å²) in [6.07, 6.45) is 1.58. The Balaban J connectivity index is 1.70. The van der Waals surface area contributed by atoms with Crippen LogP contribution in [0.25, 0.3) is 17.0 Å². The van der Waals surface area contributed by atoms with Crippen LogP contribution in [0.3, 0.4) is 0 Å². The molecule has 1 aromatic heterocycles. The minimum Gasteiger partial charge on any atom is -0.497 e. The number of esters is 1. The van der Waals surface area contributed by atoms with Crippen molar-refractivity contribution in [1.29, 1.82) is 0 Å². The Kier molecular flexibility index (Phi) is 3.39. The van der Waals surface area contributed by atoms with Crippen molar-refractivity contribution in [2.75, 3.05) is 7.11 Å². The largest absolute Gasteiger partial charge is 0.497 e. The smallest absolute Gasteiger partial charge is 0.363 e. The van der Waals surface area contributed by atoms with Gasteiger partial charge in [0.2, 0.25) is 5.90 Å². The maximum Gasteiger partial charge on any atom is 0.363 e. The van der Waals surface area contributed by atoms with Crippen LogP contribution in [0.1, 0.15) is 11.3 Å². The zero-order chi connectivity index (χ0) is 16.5. The van der Waals surface area contributed by atoms with E-state index in [1.165, 1.54) is 0 Å². The van der Waals surface area contributed by atoms with E-state index in [4.69, 9.17) is 13.9 Å². The first-order chi connectivity index (χ1) is 11.7. The normalized spacial score (nSPS) is 15.6. The lowest BCUT2D eigenvalue weighted by Crippen LogP contribution is -2.05. The minimum absolute atomic E-state index is 0.201. The van der Waals surface area contributed by atoms with Gasteiger partial charge in [-0.25, -0.2) is 9.79 Å². The number of carbonyl (C=O) groups is 1. The van der Waals surface area contributed by atoms with Crippen molar-refractivity contribution in [3.05, 3.63) is 71.6 Å². The quantitative estimate of drug-likeness (QED) is 0.544. The molecule has 0 spiro atoms. The summed E-state index contributed by atoms with van der Waals surface area (Å²) in [5, 5.41) is 0.965. The molecule has 0 unspecified atom stereocenters. The van der Waals surface area contributed by atoms with E-state index in [2.05, 4.69) is 4.99 Å². The average molecular weight is 319 g/mol. The molecule has 0 fully saturated rings. The summed E-state index contributed by atoms with van der Waals surface area (Å²) < 4.78 is 16.1. The highest BCUT2D eigenvalue weighted by Crippen LogP contribution is 2.24. The number of ether oxygens (including phenoxy) is 2. The fraction of sp³-hybridized carbons (Fsp3) is 0.0526. The van der Waals surface area contributed by atoms with E-state index in [1.54, 1.807) is 25.3 Å². The number of nitrogens with zero attached hydrogens (tertiary/aromatic N) is 1. The Hall–Kier alpha value is -3.34. The molecule has 4 rings (SSSR count). The van der Waals surface area contributed by atoms with E-state index >= 15 is 0 Å². The predicted molar refractivity (Wildman–Crippen MR) is 89.8 cm³/mol. The third kappa shape index (κ3) is 2.56. The summed E-state index contributed by atoms with van der Waals surface area (Å²) in [6, 6.07) is 16.7. The highest BCUT2D eigenvalue weighted by atomic mass is 16.6. The van der Waals surface area contributed by atoms with Crippen molar-refractivity contribution < 1.29 is 18.7 Å². The number of hydrogen-bond acceptors (Lipinski definition) is 5. The van der Waals surface area contributed by atoms with Crippen LogP contribution in [0.5, 0.6) is 5.75 Å². The standard InChI is InChI=1S/C19H13NO4/c1-22-14-7-4-6-13(10-14)18-20-16(19(21)24-18)11-15-9-12-5-2-3-8-17(12)23-15/h2-11H,1H3. The molecule has 1 aliphatic rings. The molecule has 24 heavy (non-hydrogen) atoms. The van der Waals surface area contributed by atoms with Crippen LogP contribution in [-0.2, 0) is 9.53 Å². The molecule has 5 heteroatoms. The molecule has 0 saturated carbocycles. The Morgan fingerprint density at radius 2 is 1.96 bits per heavy atom. The zero-order valence-electron chi connectivity index (χ0n) is 12.9. The van der Waals surface area contributed by atoms with Gasteiger partial charge >= 0.3 is 5.97 Å². The van der Waals surface area contributed by atoms with E-state index in [-0.39, 0.29) is 11.6 Å². The number of cyclic esters (lactones) is 1. The van der Waals surface area contributed by atoms with Crippen molar-refractivity contribution >= 4 is 28.9 Å². The van der Waals surface area contributed by atoms with Crippen LogP contribution in [0.15, 0.2) is 69.7 Å². The molecule has 0 atom stereocenters. The molecule has 3 aromatic rings. The third-order valence-electron chi connectivity index (χ3n) is 3.66. The molecule has 0 aliphatic carbocycles. The summed E-state index contributed by atoms with van der Waals surface area (Å²) in [5.74, 6) is 0.967. The van der Waals surface area contributed by atoms with Gasteiger partial charge in [0.25, 0.3) is 0 Å². The molecule has 0 radical (unpaired) electrons. The molecular formula is C19H13NO4. The number of benzene rings is 2. The van der Waals surface area contributed by atoms with Gasteiger partial charge in [0.1, 0.15) is 17.1 Å². The SMILES string of the molecule is COc1cccc(C2=NC(=Cc3cc4ccccc4o3)C(=O)O2)c1. The fourth-order valence-electron chi connectivity index (χ4n) is 2.50. The Morgan fingerprint density at radius 3 is 2.79 bits per heavy atom. The first-order valence-electron chi connectivity index (χ1n) is 7.38.